The SMILES string of the molecule is C=C(CN(C/C=C/C=C1CCCCC1)S(=O)(=O)c1ccc(C)cc1)N=[N+]=[N-]. The van der Waals surface area contributed by atoms with Crippen molar-refractivity contribution in [2.75, 3.05) is 13.1 Å². The maximum Gasteiger partial charge on any atom is 0.243 e. The van der Waals surface area contributed by atoms with Crippen molar-refractivity contribution in [1.82, 2.24) is 4.31 Å². The van der Waals surface area contributed by atoms with Crippen molar-refractivity contribution in [2.45, 2.75) is 43.9 Å². The molecule has 1 aromatic carbocycles. The second-order valence-corrected chi connectivity index (χ2v) is 8.62. The van der Waals surface area contributed by atoms with Crippen LogP contribution in [0.4, 0.5) is 0 Å². The van der Waals surface area contributed by atoms with Crippen molar-refractivity contribution < 1.29 is 8.42 Å². The molecule has 1 saturated carbocycles. The van der Waals surface area contributed by atoms with Crippen molar-refractivity contribution in [2.24, 2.45) is 5.11 Å². The summed E-state index contributed by atoms with van der Waals surface area (Å²) >= 11 is 0. The zero-order chi connectivity index (χ0) is 19.7. The molecule has 0 aromatic heterocycles. The average Bonchev–Trinajstić information content (AvgIpc) is 2.65. The normalized spacial score (nSPS) is 15.0. The van der Waals surface area contributed by atoms with Gasteiger partial charge in [0.2, 0.25) is 10.0 Å². The fraction of sp³-hybridized carbons (Fsp3) is 0.400. The van der Waals surface area contributed by atoms with Crippen LogP contribution in [-0.4, -0.2) is 25.8 Å². The minimum atomic E-state index is -3.72. The van der Waals surface area contributed by atoms with Gasteiger partial charge in [0.1, 0.15) is 0 Å². The van der Waals surface area contributed by atoms with Crippen LogP contribution in [0, 0.1) is 6.92 Å². The van der Waals surface area contributed by atoms with Gasteiger partial charge in [-0.25, -0.2) is 8.42 Å². The number of nitrogens with zero attached hydrogens (tertiary/aromatic N) is 4. The van der Waals surface area contributed by atoms with Crippen LogP contribution in [0.25, 0.3) is 10.4 Å². The average molecular weight is 387 g/mol. The van der Waals surface area contributed by atoms with Gasteiger partial charge in [-0.1, -0.05) is 59.6 Å². The summed E-state index contributed by atoms with van der Waals surface area (Å²) in [5.41, 5.74) is 11.1. The van der Waals surface area contributed by atoms with Crippen molar-refractivity contribution in [1.29, 1.82) is 0 Å². The lowest BCUT2D eigenvalue weighted by Gasteiger charge is -2.21. The lowest BCUT2D eigenvalue weighted by Crippen LogP contribution is -2.32. The van der Waals surface area contributed by atoms with Gasteiger partial charge in [-0.05, 0) is 50.3 Å². The van der Waals surface area contributed by atoms with Crippen molar-refractivity contribution >= 4 is 10.0 Å². The van der Waals surface area contributed by atoms with Crippen molar-refractivity contribution in [3.8, 4) is 0 Å². The number of benzene rings is 1. The third-order valence-electron chi connectivity index (χ3n) is 4.48. The van der Waals surface area contributed by atoms with Gasteiger partial charge in [-0.15, -0.1) is 0 Å². The van der Waals surface area contributed by atoms with Crippen LogP contribution in [0.2, 0.25) is 0 Å². The minimum absolute atomic E-state index is 0.0544. The molecule has 0 atom stereocenters. The summed E-state index contributed by atoms with van der Waals surface area (Å²) in [4.78, 5) is 2.90. The predicted octanol–water partition coefficient (Wildman–Crippen LogP) is 5.26. The highest BCUT2D eigenvalue weighted by atomic mass is 32.2. The predicted molar refractivity (Wildman–Crippen MR) is 109 cm³/mol. The molecule has 2 rings (SSSR count). The smallest absolute Gasteiger partial charge is 0.207 e. The highest BCUT2D eigenvalue weighted by Crippen LogP contribution is 2.22. The summed E-state index contributed by atoms with van der Waals surface area (Å²) in [7, 11) is -3.72. The van der Waals surface area contributed by atoms with E-state index in [1.165, 1.54) is 29.1 Å². The van der Waals surface area contributed by atoms with E-state index >= 15 is 0 Å². The summed E-state index contributed by atoms with van der Waals surface area (Å²) in [6.45, 7) is 5.67. The Labute approximate surface area is 161 Å². The Morgan fingerprint density at radius 1 is 1.26 bits per heavy atom. The molecule has 0 bridgehead atoms. The fourth-order valence-corrected chi connectivity index (χ4v) is 4.34. The molecule has 1 aromatic rings. The summed E-state index contributed by atoms with van der Waals surface area (Å²) in [5, 5.41) is 3.43. The molecule has 0 aliphatic heterocycles. The van der Waals surface area contributed by atoms with E-state index in [0.717, 1.165) is 18.4 Å². The number of rotatable bonds is 8. The molecule has 0 amide bonds. The summed E-state index contributed by atoms with van der Waals surface area (Å²) in [6, 6.07) is 6.69. The standard InChI is InChI=1S/C20H26N4O2S/c1-17-11-13-20(14-12-17)27(25,26)24(16-18(2)22-23-21)15-7-6-10-19-8-4-3-5-9-19/h6-7,10-14H,2-5,8-9,15-16H2,1H3/b7-6+. The third kappa shape index (κ3) is 6.40. The van der Waals surface area contributed by atoms with E-state index in [4.69, 9.17) is 5.53 Å². The first kappa shape index (κ1) is 21.0. The van der Waals surface area contributed by atoms with Gasteiger partial charge in [-0.2, -0.15) is 4.31 Å². The van der Waals surface area contributed by atoms with E-state index in [1.54, 1.807) is 24.3 Å². The lowest BCUT2D eigenvalue weighted by atomic mass is 9.95. The van der Waals surface area contributed by atoms with Gasteiger partial charge < -0.3 is 0 Å². The van der Waals surface area contributed by atoms with Gasteiger partial charge in [-0.3, -0.25) is 0 Å². The highest BCUT2D eigenvalue weighted by molar-refractivity contribution is 7.89. The first-order valence-electron chi connectivity index (χ1n) is 9.08. The number of hydrogen-bond donors (Lipinski definition) is 0. The molecule has 0 heterocycles. The van der Waals surface area contributed by atoms with E-state index in [1.807, 2.05) is 19.1 Å². The zero-order valence-corrected chi connectivity index (χ0v) is 16.5. The first-order valence-corrected chi connectivity index (χ1v) is 10.5. The molecule has 0 saturated heterocycles. The second-order valence-electron chi connectivity index (χ2n) is 6.68. The molecular formula is C20H26N4O2S. The molecule has 144 valence electrons. The monoisotopic (exact) mass is 386 g/mol. The molecule has 6 nitrogen and oxygen atoms in total. The van der Waals surface area contributed by atoms with Crippen LogP contribution in [0.3, 0.4) is 0 Å². The number of hydrogen-bond acceptors (Lipinski definition) is 3. The Bertz CT molecular complexity index is 856. The molecule has 0 radical (unpaired) electrons. The maximum atomic E-state index is 13.0. The quantitative estimate of drug-likeness (QED) is 0.347. The molecule has 27 heavy (non-hydrogen) atoms. The van der Waals surface area contributed by atoms with Gasteiger partial charge in [0.25, 0.3) is 0 Å². The van der Waals surface area contributed by atoms with Gasteiger partial charge >= 0.3 is 0 Å². The summed E-state index contributed by atoms with van der Waals surface area (Å²) in [6.07, 6.45) is 11.8. The molecule has 0 spiro atoms. The Morgan fingerprint density at radius 2 is 1.93 bits per heavy atom. The molecule has 0 N–H and O–H groups in total. The van der Waals surface area contributed by atoms with Crippen LogP contribution in [0.1, 0.15) is 37.7 Å². The number of allylic oxidation sites excluding steroid dienone is 3. The van der Waals surface area contributed by atoms with E-state index in [9.17, 15) is 8.42 Å². The van der Waals surface area contributed by atoms with Gasteiger partial charge in [0.15, 0.2) is 0 Å². The molecule has 1 aliphatic rings. The second kappa shape index (κ2) is 10.1. The largest absolute Gasteiger partial charge is 0.243 e. The molecule has 1 aliphatic carbocycles. The Kier molecular flexibility index (Phi) is 7.85. The van der Waals surface area contributed by atoms with Crippen LogP contribution in [0.15, 0.2) is 70.4 Å². The molecule has 0 unspecified atom stereocenters. The summed E-state index contributed by atoms with van der Waals surface area (Å²) < 4.78 is 27.2. The molecule has 7 heteroatoms. The van der Waals surface area contributed by atoms with Crippen LogP contribution < -0.4 is 0 Å². The van der Waals surface area contributed by atoms with Crippen molar-refractivity contribution in [3.05, 3.63) is 76.3 Å². The zero-order valence-electron chi connectivity index (χ0n) is 15.7. The fourth-order valence-electron chi connectivity index (χ4n) is 2.96. The third-order valence-corrected chi connectivity index (χ3v) is 6.30. The molecular weight excluding hydrogens is 360 g/mol. The lowest BCUT2D eigenvalue weighted by molar-refractivity contribution is 0.466. The van der Waals surface area contributed by atoms with Crippen LogP contribution >= 0.6 is 0 Å². The topological polar surface area (TPSA) is 86.1 Å². The molecule has 1 fully saturated rings. The van der Waals surface area contributed by atoms with E-state index < -0.39 is 10.0 Å². The number of azide groups is 1. The minimum Gasteiger partial charge on any atom is -0.207 e. The Morgan fingerprint density at radius 3 is 2.56 bits per heavy atom. The van der Waals surface area contributed by atoms with Crippen LogP contribution in [-0.2, 0) is 10.0 Å². The maximum absolute atomic E-state index is 13.0. The Balaban J connectivity index is 2.18. The van der Waals surface area contributed by atoms with E-state index in [-0.39, 0.29) is 23.7 Å². The Hall–Kier alpha value is -2.34. The van der Waals surface area contributed by atoms with Crippen molar-refractivity contribution in [3.63, 3.8) is 0 Å². The van der Waals surface area contributed by atoms with E-state index in [2.05, 4.69) is 22.7 Å². The summed E-state index contributed by atoms with van der Waals surface area (Å²) in [5.74, 6) is 0. The number of sulfonamides is 1. The van der Waals surface area contributed by atoms with Gasteiger partial charge in [0, 0.05) is 23.7 Å². The van der Waals surface area contributed by atoms with Crippen LogP contribution in [0.5, 0.6) is 0 Å². The first-order chi connectivity index (χ1) is 12.9. The van der Waals surface area contributed by atoms with Gasteiger partial charge in [0.05, 0.1) is 4.90 Å². The number of aryl methyl sites for hydroxylation is 1. The highest BCUT2D eigenvalue weighted by Gasteiger charge is 2.23. The van der Waals surface area contributed by atoms with E-state index in [0.29, 0.717) is 0 Å².